The second-order valence-electron chi connectivity index (χ2n) is 3.01. The van der Waals surface area contributed by atoms with Crippen molar-refractivity contribution in [1.29, 1.82) is 0 Å². The summed E-state index contributed by atoms with van der Waals surface area (Å²) in [6.07, 6.45) is 0. The van der Waals surface area contributed by atoms with E-state index in [2.05, 4.69) is 27.8 Å². The molecule has 1 rings (SSSR count). The predicted octanol–water partition coefficient (Wildman–Crippen LogP) is 2.92. The summed E-state index contributed by atoms with van der Waals surface area (Å²) in [5, 5.41) is 13.7. The SMILES string of the molecule is C=C(Br)CNc1cc(OC)ccc1[N+](=O)[O-]. The van der Waals surface area contributed by atoms with Crippen LogP contribution >= 0.6 is 15.9 Å². The highest BCUT2D eigenvalue weighted by molar-refractivity contribution is 9.11. The van der Waals surface area contributed by atoms with Crippen molar-refractivity contribution >= 4 is 27.3 Å². The lowest BCUT2D eigenvalue weighted by atomic mass is 10.2. The van der Waals surface area contributed by atoms with Crippen LogP contribution in [0.2, 0.25) is 0 Å². The smallest absolute Gasteiger partial charge is 0.292 e. The molecule has 6 heteroatoms. The maximum atomic E-state index is 10.8. The fourth-order valence-corrected chi connectivity index (χ4v) is 1.27. The van der Waals surface area contributed by atoms with E-state index >= 15 is 0 Å². The molecule has 0 unspecified atom stereocenters. The quantitative estimate of drug-likeness (QED) is 0.668. The highest BCUT2D eigenvalue weighted by atomic mass is 79.9. The molecule has 0 heterocycles. The van der Waals surface area contributed by atoms with Crippen molar-refractivity contribution in [1.82, 2.24) is 0 Å². The standard InChI is InChI=1S/C10H11BrN2O3/c1-7(11)6-12-9-5-8(16-2)3-4-10(9)13(14)15/h3-5,12H,1,6H2,2H3. The van der Waals surface area contributed by atoms with Crippen molar-refractivity contribution in [3.63, 3.8) is 0 Å². The third-order valence-corrected chi connectivity index (χ3v) is 2.15. The molecule has 5 nitrogen and oxygen atoms in total. The summed E-state index contributed by atoms with van der Waals surface area (Å²) >= 11 is 3.17. The van der Waals surface area contributed by atoms with E-state index in [-0.39, 0.29) is 5.69 Å². The molecular formula is C10H11BrN2O3. The largest absolute Gasteiger partial charge is 0.497 e. The number of methoxy groups -OCH3 is 1. The van der Waals surface area contributed by atoms with E-state index in [1.54, 1.807) is 12.1 Å². The summed E-state index contributed by atoms with van der Waals surface area (Å²) in [5.41, 5.74) is 0.416. The van der Waals surface area contributed by atoms with Gasteiger partial charge in [0.2, 0.25) is 0 Å². The first kappa shape index (κ1) is 12.5. The number of nitro benzene ring substituents is 1. The van der Waals surface area contributed by atoms with Crippen molar-refractivity contribution in [2.24, 2.45) is 0 Å². The number of nitrogens with one attached hydrogen (secondary N) is 1. The Kier molecular flexibility index (Phi) is 4.30. The van der Waals surface area contributed by atoms with Crippen LogP contribution in [0.3, 0.4) is 0 Å². The molecule has 1 N–H and O–H groups in total. The fraction of sp³-hybridized carbons (Fsp3) is 0.200. The summed E-state index contributed by atoms with van der Waals surface area (Å²) in [4.78, 5) is 10.3. The van der Waals surface area contributed by atoms with E-state index in [0.29, 0.717) is 22.5 Å². The maximum absolute atomic E-state index is 10.8. The average Bonchev–Trinajstić information content (AvgIpc) is 2.25. The maximum Gasteiger partial charge on any atom is 0.292 e. The zero-order chi connectivity index (χ0) is 12.1. The third kappa shape index (κ3) is 3.23. The van der Waals surface area contributed by atoms with E-state index in [9.17, 15) is 10.1 Å². The van der Waals surface area contributed by atoms with Crippen LogP contribution in [0.25, 0.3) is 0 Å². The topological polar surface area (TPSA) is 64.4 Å². The third-order valence-electron chi connectivity index (χ3n) is 1.87. The number of anilines is 1. The Balaban J connectivity index is 3.00. The molecule has 0 bridgehead atoms. The molecule has 0 saturated carbocycles. The first-order chi connectivity index (χ1) is 7.54. The van der Waals surface area contributed by atoms with Gasteiger partial charge in [-0.1, -0.05) is 22.5 Å². The van der Waals surface area contributed by atoms with Crippen molar-refractivity contribution in [2.45, 2.75) is 0 Å². The first-order valence-corrected chi connectivity index (χ1v) is 5.23. The number of hydrogen-bond acceptors (Lipinski definition) is 4. The Morgan fingerprint density at radius 2 is 2.38 bits per heavy atom. The second kappa shape index (κ2) is 5.50. The van der Waals surface area contributed by atoms with Gasteiger partial charge in [0.05, 0.1) is 12.0 Å². The lowest BCUT2D eigenvalue weighted by Gasteiger charge is -2.07. The number of nitro groups is 1. The lowest BCUT2D eigenvalue weighted by Crippen LogP contribution is -2.04. The molecule has 0 spiro atoms. The summed E-state index contributed by atoms with van der Waals surface area (Å²) in [6, 6.07) is 4.53. The minimum atomic E-state index is -0.446. The van der Waals surface area contributed by atoms with Crippen LogP contribution in [0, 0.1) is 10.1 Å². The number of ether oxygens (including phenoxy) is 1. The second-order valence-corrected chi connectivity index (χ2v) is 4.13. The van der Waals surface area contributed by atoms with Gasteiger partial charge in [-0.3, -0.25) is 10.1 Å². The summed E-state index contributed by atoms with van der Waals surface area (Å²) < 4.78 is 5.71. The molecule has 0 saturated heterocycles. The molecule has 0 aromatic heterocycles. The Labute approximate surface area is 101 Å². The predicted molar refractivity (Wildman–Crippen MR) is 66.2 cm³/mol. The van der Waals surface area contributed by atoms with Crippen LogP contribution in [-0.2, 0) is 0 Å². The summed E-state index contributed by atoms with van der Waals surface area (Å²) in [5.74, 6) is 0.563. The van der Waals surface area contributed by atoms with Gasteiger partial charge in [-0.05, 0) is 6.07 Å². The molecule has 1 aromatic rings. The number of hydrogen-bond donors (Lipinski definition) is 1. The van der Waals surface area contributed by atoms with E-state index in [4.69, 9.17) is 4.74 Å². The fourth-order valence-electron chi connectivity index (χ4n) is 1.13. The van der Waals surface area contributed by atoms with E-state index in [1.807, 2.05) is 0 Å². The van der Waals surface area contributed by atoms with Crippen molar-refractivity contribution in [3.8, 4) is 5.75 Å². The molecule has 86 valence electrons. The van der Waals surface area contributed by atoms with Crippen molar-refractivity contribution < 1.29 is 9.66 Å². The van der Waals surface area contributed by atoms with Gasteiger partial charge >= 0.3 is 0 Å². The Hall–Kier alpha value is -1.56. The number of nitrogens with zero attached hydrogens (tertiary/aromatic N) is 1. The monoisotopic (exact) mass is 286 g/mol. The van der Waals surface area contributed by atoms with Crippen molar-refractivity contribution in [2.75, 3.05) is 19.0 Å². The molecular weight excluding hydrogens is 276 g/mol. The molecule has 0 amide bonds. The van der Waals surface area contributed by atoms with E-state index < -0.39 is 4.92 Å². The van der Waals surface area contributed by atoms with Gasteiger partial charge in [0.1, 0.15) is 11.4 Å². The van der Waals surface area contributed by atoms with E-state index in [1.165, 1.54) is 13.2 Å². The Morgan fingerprint density at radius 3 is 2.88 bits per heavy atom. The molecule has 0 fully saturated rings. The van der Waals surface area contributed by atoms with Gasteiger partial charge < -0.3 is 10.1 Å². The van der Waals surface area contributed by atoms with Gasteiger partial charge in [-0.15, -0.1) is 0 Å². The minimum absolute atomic E-state index is 0.00884. The van der Waals surface area contributed by atoms with Gasteiger partial charge in [0.25, 0.3) is 5.69 Å². The molecule has 0 radical (unpaired) electrons. The Bertz CT molecular complexity index is 421. The molecule has 16 heavy (non-hydrogen) atoms. The van der Waals surface area contributed by atoms with Crippen LogP contribution in [0.15, 0.2) is 29.3 Å². The van der Waals surface area contributed by atoms with Gasteiger partial charge in [0, 0.05) is 23.2 Å². The molecule has 0 atom stereocenters. The number of halogens is 1. The highest BCUT2D eigenvalue weighted by Crippen LogP contribution is 2.28. The van der Waals surface area contributed by atoms with Crippen LogP contribution in [0.4, 0.5) is 11.4 Å². The molecule has 0 aliphatic carbocycles. The first-order valence-electron chi connectivity index (χ1n) is 4.44. The zero-order valence-electron chi connectivity index (χ0n) is 8.70. The number of rotatable bonds is 5. The van der Waals surface area contributed by atoms with Crippen molar-refractivity contribution in [3.05, 3.63) is 39.4 Å². The van der Waals surface area contributed by atoms with Crippen LogP contribution < -0.4 is 10.1 Å². The number of benzene rings is 1. The van der Waals surface area contributed by atoms with Crippen LogP contribution in [-0.4, -0.2) is 18.6 Å². The molecule has 0 aliphatic heterocycles. The minimum Gasteiger partial charge on any atom is -0.497 e. The van der Waals surface area contributed by atoms with E-state index in [0.717, 1.165) is 0 Å². The van der Waals surface area contributed by atoms with Gasteiger partial charge in [-0.25, -0.2) is 0 Å². The normalized spacial score (nSPS) is 9.62. The van der Waals surface area contributed by atoms with Crippen LogP contribution in [0.1, 0.15) is 0 Å². The van der Waals surface area contributed by atoms with Crippen LogP contribution in [0.5, 0.6) is 5.75 Å². The summed E-state index contributed by atoms with van der Waals surface area (Å²) in [7, 11) is 1.51. The van der Waals surface area contributed by atoms with Gasteiger partial charge in [0.15, 0.2) is 0 Å². The summed E-state index contributed by atoms with van der Waals surface area (Å²) in [6.45, 7) is 4.05. The highest BCUT2D eigenvalue weighted by Gasteiger charge is 2.14. The molecule has 1 aromatic carbocycles. The Morgan fingerprint density at radius 1 is 1.69 bits per heavy atom. The average molecular weight is 287 g/mol. The zero-order valence-corrected chi connectivity index (χ0v) is 10.3. The lowest BCUT2D eigenvalue weighted by molar-refractivity contribution is -0.384. The molecule has 0 aliphatic rings. The van der Waals surface area contributed by atoms with Gasteiger partial charge in [-0.2, -0.15) is 0 Å².